The summed E-state index contributed by atoms with van der Waals surface area (Å²) in [6, 6.07) is 6.59. The predicted octanol–water partition coefficient (Wildman–Crippen LogP) is 2.47. The lowest BCUT2D eigenvalue weighted by Gasteiger charge is -2.34. The molecule has 0 unspecified atom stereocenters. The number of H-pyrrole nitrogens is 1. The Morgan fingerprint density at radius 2 is 1.96 bits per heavy atom. The minimum atomic E-state index is 0.122. The molecule has 1 saturated heterocycles. The molecule has 0 spiro atoms. The number of carbonyl (C=O) groups excluding carboxylic acids is 1. The average Bonchev–Trinajstić information content (AvgIpc) is 2.91. The maximum Gasteiger partial charge on any atom is 0.224 e. The highest BCUT2D eigenvalue weighted by atomic mass is 16.1. The molecule has 1 aliphatic rings. The number of nitrogens with zero attached hydrogens (tertiary/aromatic N) is 2. The molecule has 1 fully saturated rings. The monoisotopic (exact) mass is 356 g/mol. The van der Waals surface area contributed by atoms with Crippen molar-refractivity contribution in [3.63, 3.8) is 0 Å². The van der Waals surface area contributed by atoms with Gasteiger partial charge in [-0.3, -0.25) is 9.69 Å². The van der Waals surface area contributed by atoms with Crippen molar-refractivity contribution in [2.45, 2.75) is 39.7 Å². The summed E-state index contributed by atoms with van der Waals surface area (Å²) in [6.07, 6.45) is 1.40. The van der Waals surface area contributed by atoms with Crippen molar-refractivity contribution < 1.29 is 4.79 Å². The zero-order chi connectivity index (χ0) is 18.7. The lowest BCUT2D eigenvalue weighted by atomic mass is 10.0. The van der Waals surface area contributed by atoms with Crippen LogP contribution >= 0.6 is 0 Å². The van der Waals surface area contributed by atoms with Gasteiger partial charge in [-0.25, -0.2) is 0 Å². The van der Waals surface area contributed by atoms with E-state index in [4.69, 9.17) is 0 Å². The number of carbonyl (C=O) groups is 1. The van der Waals surface area contributed by atoms with E-state index in [1.54, 1.807) is 0 Å². The number of aryl methyl sites for hydroxylation is 2. The molecule has 1 aliphatic heterocycles. The number of aromatic nitrogens is 1. The van der Waals surface area contributed by atoms with Crippen molar-refractivity contribution in [1.29, 1.82) is 0 Å². The molecule has 0 radical (unpaired) electrons. The fourth-order valence-corrected chi connectivity index (χ4v) is 3.78. The van der Waals surface area contributed by atoms with Gasteiger partial charge >= 0.3 is 0 Å². The fourth-order valence-electron chi connectivity index (χ4n) is 3.78. The van der Waals surface area contributed by atoms with E-state index in [9.17, 15) is 4.79 Å². The number of hydrogen-bond donors (Lipinski definition) is 2. The summed E-state index contributed by atoms with van der Waals surface area (Å²) in [6.45, 7) is 11.6. The quantitative estimate of drug-likeness (QED) is 0.836. The second kappa shape index (κ2) is 8.23. The Hall–Kier alpha value is -1.85. The van der Waals surface area contributed by atoms with E-state index in [0.717, 1.165) is 55.9 Å². The standard InChI is InChI=1S/C21H32N4O/c1-5-17(14-25-10-8-24(4)9-11-25)23-21(26)13-18-16(3)22-20-7-6-15(2)12-19(18)20/h6-7,12,17,22H,5,8-11,13-14H2,1-4H3,(H,23,26)/t17-/m0/s1. The third-order valence-corrected chi connectivity index (χ3v) is 5.54. The summed E-state index contributed by atoms with van der Waals surface area (Å²) in [4.78, 5) is 20.9. The van der Waals surface area contributed by atoms with Crippen LogP contribution in [0.3, 0.4) is 0 Å². The maximum atomic E-state index is 12.7. The highest BCUT2D eigenvalue weighted by molar-refractivity contribution is 5.90. The lowest BCUT2D eigenvalue weighted by molar-refractivity contribution is -0.121. The molecule has 142 valence electrons. The van der Waals surface area contributed by atoms with Crippen LogP contribution in [0.4, 0.5) is 0 Å². The van der Waals surface area contributed by atoms with Crippen molar-refractivity contribution in [3.05, 3.63) is 35.0 Å². The van der Waals surface area contributed by atoms with Crippen LogP contribution in [0.2, 0.25) is 0 Å². The predicted molar refractivity (Wildman–Crippen MR) is 108 cm³/mol. The van der Waals surface area contributed by atoms with Crippen molar-refractivity contribution in [2.75, 3.05) is 39.8 Å². The largest absolute Gasteiger partial charge is 0.358 e. The minimum Gasteiger partial charge on any atom is -0.358 e. The van der Waals surface area contributed by atoms with Crippen LogP contribution in [0.1, 0.15) is 30.2 Å². The molecule has 1 atom stereocenters. The Morgan fingerprint density at radius 1 is 1.23 bits per heavy atom. The molecule has 5 heteroatoms. The molecule has 2 N–H and O–H groups in total. The van der Waals surface area contributed by atoms with Crippen LogP contribution in [0, 0.1) is 13.8 Å². The molecule has 3 rings (SSSR count). The molecule has 0 saturated carbocycles. The molecule has 5 nitrogen and oxygen atoms in total. The SMILES string of the molecule is CC[C@@H](CN1CCN(C)CC1)NC(=O)Cc1c(C)[nH]c2ccc(C)cc12. The van der Waals surface area contributed by atoms with Gasteiger partial charge < -0.3 is 15.2 Å². The third-order valence-electron chi connectivity index (χ3n) is 5.54. The number of piperazine rings is 1. The number of aromatic amines is 1. The smallest absolute Gasteiger partial charge is 0.224 e. The summed E-state index contributed by atoms with van der Waals surface area (Å²) >= 11 is 0. The Kier molecular flexibility index (Phi) is 5.99. The van der Waals surface area contributed by atoms with E-state index in [1.165, 1.54) is 10.9 Å². The molecule has 1 aromatic heterocycles. The van der Waals surface area contributed by atoms with Crippen LogP contribution in [-0.2, 0) is 11.2 Å². The Balaban J connectivity index is 1.62. The average molecular weight is 357 g/mol. The van der Waals surface area contributed by atoms with Gasteiger partial charge in [0.05, 0.1) is 6.42 Å². The van der Waals surface area contributed by atoms with E-state index in [-0.39, 0.29) is 11.9 Å². The lowest BCUT2D eigenvalue weighted by Crippen LogP contribution is -2.50. The first-order chi connectivity index (χ1) is 12.5. The number of fused-ring (bicyclic) bond motifs is 1. The van der Waals surface area contributed by atoms with Gasteiger partial charge in [0.2, 0.25) is 5.91 Å². The van der Waals surface area contributed by atoms with E-state index in [2.05, 4.69) is 66.1 Å². The van der Waals surface area contributed by atoms with Crippen LogP contribution < -0.4 is 5.32 Å². The number of benzene rings is 1. The molecular weight excluding hydrogens is 324 g/mol. The van der Waals surface area contributed by atoms with Gasteiger partial charge in [-0.05, 0) is 45.0 Å². The molecule has 2 aromatic rings. The van der Waals surface area contributed by atoms with Crippen molar-refractivity contribution in [2.24, 2.45) is 0 Å². The second-order valence-corrected chi connectivity index (χ2v) is 7.73. The summed E-state index contributed by atoms with van der Waals surface area (Å²) in [5, 5.41) is 4.43. The first-order valence-electron chi connectivity index (χ1n) is 9.74. The second-order valence-electron chi connectivity index (χ2n) is 7.73. The molecule has 0 aliphatic carbocycles. The Morgan fingerprint density at radius 3 is 2.65 bits per heavy atom. The normalized spacial score (nSPS) is 17.5. The first kappa shape index (κ1) is 18.9. The maximum absolute atomic E-state index is 12.7. The topological polar surface area (TPSA) is 51.4 Å². The van der Waals surface area contributed by atoms with Gasteiger partial charge in [0.15, 0.2) is 0 Å². The van der Waals surface area contributed by atoms with Crippen molar-refractivity contribution >= 4 is 16.8 Å². The van der Waals surface area contributed by atoms with E-state index in [0.29, 0.717) is 6.42 Å². The van der Waals surface area contributed by atoms with Gasteiger partial charge in [-0.2, -0.15) is 0 Å². The summed E-state index contributed by atoms with van der Waals surface area (Å²) in [7, 11) is 2.17. The highest BCUT2D eigenvalue weighted by Gasteiger charge is 2.20. The summed E-state index contributed by atoms with van der Waals surface area (Å²) in [5.41, 5.74) is 4.54. The van der Waals surface area contributed by atoms with Crippen LogP contribution in [0.5, 0.6) is 0 Å². The number of rotatable bonds is 6. The molecule has 2 heterocycles. The number of nitrogens with one attached hydrogen (secondary N) is 2. The van der Waals surface area contributed by atoms with Gasteiger partial charge in [-0.15, -0.1) is 0 Å². The third kappa shape index (κ3) is 4.46. The highest BCUT2D eigenvalue weighted by Crippen LogP contribution is 2.23. The van der Waals surface area contributed by atoms with Gasteiger partial charge in [-0.1, -0.05) is 18.6 Å². The number of likely N-dealkylation sites (N-methyl/N-ethyl adjacent to an activating group) is 1. The molecule has 26 heavy (non-hydrogen) atoms. The van der Waals surface area contributed by atoms with Crippen LogP contribution in [0.25, 0.3) is 10.9 Å². The molecule has 1 amide bonds. The van der Waals surface area contributed by atoms with Crippen LogP contribution in [0.15, 0.2) is 18.2 Å². The Labute approximate surface area is 156 Å². The van der Waals surface area contributed by atoms with Crippen LogP contribution in [-0.4, -0.2) is 66.5 Å². The molecule has 1 aromatic carbocycles. The van der Waals surface area contributed by atoms with Crippen molar-refractivity contribution in [3.8, 4) is 0 Å². The van der Waals surface area contributed by atoms with E-state index in [1.807, 2.05) is 0 Å². The zero-order valence-electron chi connectivity index (χ0n) is 16.6. The molecular formula is C21H32N4O. The van der Waals surface area contributed by atoms with Gasteiger partial charge in [0.25, 0.3) is 0 Å². The number of amides is 1. The van der Waals surface area contributed by atoms with E-state index >= 15 is 0 Å². The fraction of sp³-hybridized carbons (Fsp3) is 0.571. The minimum absolute atomic E-state index is 0.122. The summed E-state index contributed by atoms with van der Waals surface area (Å²) < 4.78 is 0. The van der Waals surface area contributed by atoms with Gasteiger partial charge in [0, 0.05) is 55.4 Å². The number of hydrogen-bond acceptors (Lipinski definition) is 3. The zero-order valence-corrected chi connectivity index (χ0v) is 16.6. The van der Waals surface area contributed by atoms with Gasteiger partial charge in [0.1, 0.15) is 0 Å². The Bertz CT molecular complexity index is 759. The first-order valence-corrected chi connectivity index (χ1v) is 9.74. The summed E-state index contributed by atoms with van der Waals surface area (Å²) in [5.74, 6) is 0.122. The molecule has 0 bridgehead atoms. The van der Waals surface area contributed by atoms with Crippen molar-refractivity contribution in [1.82, 2.24) is 20.1 Å². The van der Waals surface area contributed by atoms with E-state index < -0.39 is 0 Å².